The molecule has 0 saturated carbocycles. The predicted molar refractivity (Wildman–Crippen MR) is 195 cm³/mol. The molecule has 1 aliphatic heterocycles. The first kappa shape index (κ1) is 38.7. The maximum absolute atomic E-state index is 12.6. The molecular formula is C36H57ClN6O3S. The van der Waals surface area contributed by atoms with E-state index in [1.807, 2.05) is 11.8 Å². The van der Waals surface area contributed by atoms with Gasteiger partial charge in [0.05, 0.1) is 12.4 Å². The number of halogens is 1. The minimum atomic E-state index is -0.0709. The number of nitrogens with one attached hydrogen (secondary N) is 2. The molecule has 3 amide bonds. The van der Waals surface area contributed by atoms with Gasteiger partial charge in [-0.3, -0.25) is 4.79 Å². The summed E-state index contributed by atoms with van der Waals surface area (Å²) in [6, 6.07) is 8.42. The SMILES string of the molecule is CCCCNC(=O)N1CCN(c2cc(Cl)nc(SCC(=O)NCCCCOc3ccc(C(C)(C)CC)cc3C(C)(C)CC)n2)CC1C. The Balaban J connectivity index is 1.43. The van der Waals surface area contributed by atoms with Crippen molar-refractivity contribution in [2.45, 2.75) is 116 Å². The van der Waals surface area contributed by atoms with Gasteiger partial charge in [0.25, 0.3) is 0 Å². The number of thioether (sulfide) groups is 1. The summed E-state index contributed by atoms with van der Waals surface area (Å²) in [5, 5.41) is 6.80. The molecule has 1 fully saturated rings. The third-order valence-electron chi connectivity index (χ3n) is 9.42. The van der Waals surface area contributed by atoms with E-state index >= 15 is 0 Å². The van der Waals surface area contributed by atoms with Crippen molar-refractivity contribution in [1.29, 1.82) is 0 Å². The van der Waals surface area contributed by atoms with Crippen LogP contribution < -0.4 is 20.3 Å². The van der Waals surface area contributed by atoms with Gasteiger partial charge >= 0.3 is 6.03 Å². The van der Waals surface area contributed by atoms with E-state index in [0.717, 1.165) is 44.3 Å². The molecule has 11 heteroatoms. The Morgan fingerprint density at radius 2 is 1.70 bits per heavy atom. The zero-order valence-electron chi connectivity index (χ0n) is 29.9. The normalized spacial score (nSPS) is 15.5. The first-order valence-electron chi connectivity index (χ1n) is 17.3. The summed E-state index contributed by atoms with van der Waals surface area (Å²) in [7, 11) is 0. The molecule has 1 unspecified atom stereocenters. The summed E-state index contributed by atoms with van der Waals surface area (Å²) in [4.78, 5) is 38.2. The Hall–Kier alpha value is -2.72. The lowest BCUT2D eigenvalue weighted by atomic mass is 9.76. The number of carbonyl (C=O) groups is 2. The Bertz CT molecular complexity index is 1320. The van der Waals surface area contributed by atoms with Gasteiger partial charge in [-0.15, -0.1) is 0 Å². The standard InChI is InChI=1S/C36H57ClN6O3S/c1-9-12-17-39-34(45)43-20-19-42(24-26(43)4)31-23-30(37)40-33(41-31)47-25-32(44)38-18-13-14-21-46-29-16-15-27(35(5,6)10-2)22-28(29)36(7,8)11-3/h15-16,22-23,26H,9-14,17-21,24-25H2,1-8H3,(H,38,44)(H,39,45). The van der Waals surface area contributed by atoms with E-state index in [-0.39, 0.29) is 34.6 Å². The van der Waals surface area contributed by atoms with E-state index in [1.165, 1.54) is 22.9 Å². The summed E-state index contributed by atoms with van der Waals surface area (Å²) >= 11 is 7.62. The lowest BCUT2D eigenvalue weighted by molar-refractivity contribution is -0.118. The number of anilines is 1. The minimum absolute atomic E-state index is 0.0208. The van der Waals surface area contributed by atoms with Gasteiger partial charge in [-0.25, -0.2) is 14.8 Å². The molecule has 2 aromatic rings. The van der Waals surface area contributed by atoms with Crippen LogP contribution in [0.15, 0.2) is 29.4 Å². The van der Waals surface area contributed by atoms with Gasteiger partial charge < -0.3 is 25.2 Å². The van der Waals surface area contributed by atoms with Crippen LogP contribution in [0.2, 0.25) is 5.15 Å². The van der Waals surface area contributed by atoms with Crippen molar-refractivity contribution < 1.29 is 14.3 Å². The maximum atomic E-state index is 12.6. The van der Waals surface area contributed by atoms with E-state index in [0.29, 0.717) is 55.5 Å². The summed E-state index contributed by atoms with van der Waals surface area (Å²) in [5.74, 6) is 1.80. The van der Waals surface area contributed by atoms with Crippen molar-refractivity contribution in [1.82, 2.24) is 25.5 Å². The number of rotatable bonds is 17. The molecule has 1 atom stereocenters. The molecule has 1 aromatic carbocycles. The lowest BCUT2D eigenvalue weighted by Crippen LogP contribution is -2.56. The summed E-state index contributed by atoms with van der Waals surface area (Å²) < 4.78 is 6.28. The number of nitrogens with zero attached hydrogens (tertiary/aromatic N) is 4. The van der Waals surface area contributed by atoms with E-state index in [1.54, 1.807) is 6.07 Å². The number of unbranched alkanes of at least 4 members (excludes halogenated alkanes) is 2. The highest BCUT2D eigenvalue weighted by molar-refractivity contribution is 7.99. The van der Waals surface area contributed by atoms with Crippen LogP contribution in [-0.2, 0) is 15.6 Å². The predicted octanol–water partition coefficient (Wildman–Crippen LogP) is 7.59. The Morgan fingerprint density at radius 3 is 2.38 bits per heavy atom. The zero-order valence-corrected chi connectivity index (χ0v) is 31.5. The number of aromatic nitrogens is 2. The van der Waals surface area contributed by atoms with Crippen molar-refractivity contribution in [3.63, 3.8) is 0 Å². The Morgan fingerprint density at radius 1 is 0.979 bits per heavy atom. The number of benzene rings is 1. The van der Waals surface area contributed by atoms with Crippen molar-refractivity contribution >= 4 is 41.1 Å². The molecule has 0 bridgehead atoms. The molecular weight excluding hydrogens is 632 g/mol. The number of piperazine rings is 1. The van der Waals surface area contributed by atoms with Crippen LogP contribution >= 0.6 is 23.4 Å². The van der Waals surface area contributed by atoms with Crippen molar-refractivity contribution in [2.75, 3.05) is 50.0 Å². The molecule has 1 aromatic heterocycles. The highest BCUT2D eigenvalue weighted by Crippen LogP contribution is 2.38. The average Bonchev–Trinajstić information content (AvgIpc) is 3.05. The highest BCUT2D eigenvalue weighted by atomic mass is 35.5. The van der Waals surface area contributed by atoms with Gasteiger partial charge in [0.2, 0.25) is 5.91 Å². The van der Waals surface area contributed by atoms with Gasteiger partial charge in [-0.05, 0) is 61.5 Å². The Labute approximate surface area is 292 Å². The maximum Gasteiger partial charge on any atom is 0.317 e. The fourth-order valence-corrected chi connectivity index (χ4v) is 6.28. The van der Waals surface area contributed by atoms with Crippen LogP contribution in [-0.4, -0.2) is 77.9 Å². The van der Waals surface area contributed by atoms with Crippen LogP contribution in [0.3, 0.4) is 0 Å². The van der Waals surface area contributed by atoms with E-state index in [4.69, 9.17) is 16.3 Å². The minimum Gasteiger partial charge on any atom is -0.493 e. The first-order valence-corrected chi connectivity index (χ1v) is 18.7. The fraction of sp³-hybridized carbons (Fsp3) is 0.667. The number of ether oxygens (including phenoxy) is 1. The third-order valence-corrected chi connectivity index (χ3v) is 10.5. The van der Waals surface area contributed by atoms with Crippen molar-refractivity contribution in [2.24, 2.45) is 0 Å². The summed E-state index contributed by atoms with van der Waals surface area (Å²) in [6.45, 7) is 21.5. The average molecular weight is 689 g/mol. The molecule has 2 heterocycles. The molecule has 3 rings (SSSR count). The number of hydrogen-bond acceptors (Lipinski definition) is 7. The van der Waals surface area contributed by atoms with Gasteiger partial charge in [0, 0.05) is 50.4 Å². The lowest BCUT2D eigenvalue weighted by Gasteiger charge is -2.40. The van der Waals surface area contributed by atoms with E-state index in [2.05, 4.69) is 92.2 Å². The van der Waals surface area contributed by atoms with Gasteiger partial charge in [0.15, 0.2) is 5.16 Å². The molecule has 1 aliphatic rings. The number of urea groups is 1. The molecule has 0 radical (unpaired) electrons. The van der Waals surface area contributed by atoms with Crippen LogP contribution in [0.4, 0.5) is 10.6 Å². The van der Waals surface area contributed by atoms with Crippen LogP contribution in [0.5, 0.6) is 5.75 Å². The number of carbonyl (C=O) groups excluding carboxylic acids is 2. The van der Waals surface area contributed by atoms with Crippen LogP contribution in [0, 0.1) is 0 Å². The fourth-order valence-electron chi connectivity index (χ4n) is 5.37. The molecule has 0 spiro atoms. The molecule has 1 saturated heterocycles. The van der Waals surface area contributed by atoms with E-state index < -0.39 is 0 Å². The molecule has 9 nitrogen and oxygen atoms in total. The van der Waals surface area contributed by atoms with Gasteiger partial charge in [-0.1, -0.05) is 90.4 Å². The first-order chi connectivity index (χ1) is 22.3. The second-order valence-corrected chi connectivity index (χ2v) is 15.1. The molecule has 262 valence electrons. The van der Waals surface area contributed by atoms with Crippen molar-refractivity contribution in [3.8, 4) is 5.75 Å². The van der Waals surface area contributed by atoms with Crippen LogP contribution in [0.1, 0.15) is 105 Å². The summed E-state index contributed by atoms with van der Waals surface area (Å²) in [6.07, 6.45) is 5.79. The van der Waals surface area contributed by atoms with Crippen LogP contribution in [0.25, 0.3) is 0 Å². The quantitative estimate of drug-likeness (QED) is 0.0765. The second-order valence-electron chi connectivity index (χ2n) is 13.8. The van der Waals surface area contributed by atoms with Gasteiger partial charge in [-0.2, -0.15) is 0 Å². The molecule has 2 N–H and O–H groups in total. The Kier molecular flexibility index (Phi) is 15.0. The van der Waals surface area contributed by atoms with E-state index in [9.17, 15) is 9.59 Å². The van der Waals surface area contributed by atoms with Gasteiger partial charge in [0.1, 0.15) is 16.7 Å². The second kappa shape index (κ2) is 18.2. The topological polar surface area (TPSA) is 99.7 Å². The number of amides is 3. The third kappa shape index (κ3) is 11.4. The largest absolute Gasteiger partial charge is 0.493 e. The number of hydrogen-bond donors (Lipinski definition) is 2. The molecule has 47 heavy (non-hydrogen) atoms. The zero-order chi connectivity index (χ0) is 34.6. The summed E-state index contributed by atoms with van der Waals surface area (Å²) in [5.41, 5.74) is 2.75. The monoisotopic (exact) mass is 688 g/mol. The highest BCUT2D eigenvalue weighted by Gasteiger charge is 2.29. The molecule has 0 aliphatic carbocycles. The smallest absolute Gasteiger partial charge is 0.317 e. The van der Waals surface area contributed by atoms with Crippen molar-refractivity contribution in [3.05, 3.63) is 40.5 Å².